The number of sulfone groups is 1. The maximum atomic E-state index is 12.9. The number of rotatable bonds is 5. The lowest BCUT2D eigenvalue weighted by Gasteiger charge is -2.22. The molecule has 0 radical (unpaired) electrons. The third-order valence-corrected chi connectivity index (χ3v) is 7.55. The lowest BCUT2D eigenvalue weighted by Crippen LogP contribution is -2.16. The molecule has 0 bridgehead atoms. The van der Waals surface area contributed by atoms with Gasteiger partial charge >= 0.3 is 0 Å². The van der Waals surface area contributed by atoms with Crippen molar-refractivity contribution in [1.29, 1.82) is 0 Å². The van der Waals surface area contributed by atoms with Gasteiger partial charge in [0, 0.05) is 47.0 Å². The number of carbonyl (C=O) groups excluding carboxylic acids is 1. The van der Waals surface area contributed by atoms with E-state index in [2.05, 4.69) is 10.2 Å². The van der Waals surface area contributed by atoms with E-state index in [4.69, 9.17) is 5.73 Å². The Morgan fingerprint density at radius 1 is 0.875 bits per heavy atom. The fraction of sp³-hybridized carbons (Fsp3) is 0.0800. The minimum Gasteiger partial charge on any atom is -0.399 e. The van der Waals surface area contributed by atoms with Crippen molar-refractivity contribution in [3.8, 4) is 0 Å². The van der Waals surface area contributed by atoms with Gasteiger partial charge in [0.15, 0.2) is 0 Å². The minimum atomic E-state index is -3.60. The first-order valence-electron chi connectivity index (χ1n) is 10.1. The molecule has 6 nitrogen and oxygen atoms in total. The number of carbonyl (C=O) groups is 1. The number of amides is 1. The molecule has 0 fully saturated rings. The molecule has 0 saturated heterocycles. The second-order valence-corrected chi connectivity index (χ2v) is 9.84. The monoisotopic (exact) mass is 443 g/mol. The van der Waals surface area contributed by atoms with E-state index in [9.17, 15) is 13.2 Å². The van der Waals surface area contributed by atoms with Gasteiger partial charge < -0.3 is 16.0 Å². The molecular weight excluding hydrogens is 422 g/mol. The molecule has 1 heterocycles. The van der Waals surface area contributed by atoms with E-state index >= 15 is 0 Å². The van der Waals surface area contributed by atoms with Gasteiger partial charge in [-0.3, -0.25) is 4.79 Å². The lowest BCUT2D eigenvalue weighted by atomic mass is 10.0. The number of anilines is 3. The van der Waals surface area contributed by atoms with Gasteiger partial charge in [-0.15, -0.1) is 0 Å². The topological polar surface area (TPSA) is 92.5 Å². The average molecular weight is 444 g/mol. The normalized spacial score (nSPS) is 12.7. The highest BCUT2D eigenvalue weighted by Crippen LogP contribution is 2.38. The van der Waals surface area contributed by atoms with Gasteiger partial charge in [0.05, 0.1) is 9.79 Å². The van der Waals surface area contributed by atoms with E-state index in [1.54, 1.807) is 24.3 Å². The SMILES string of the molecule is CN(Cc1ccc(S(=O)(=O)c2ccc(N)cc2)cc1)c1ccc2c3c(cccc13)C(=O)N2. The van der Waals surface area contributed by atoms with Crippen LogP contribution in [0, 0.1) is 0 Å². The van der Waals surface area contributed by atoms with Crippen molar-refractivity contribution >= 4 is 43.6 Å². The summed E-state index contributed by atoms with van der Waals surface area (Å²) < 4.78 is 25.7. The van der Waals surface area contributed by atoms with Crippen molar-refractivity contribution < 1.29 is 13.2 Å². The largest absolute Gasteiger partial charge is 0.399 e. The van der Waals surface area contributed by atoms with Crippen LogP contribution in [-0.4, -0.2) is 21.4 Å². The van der Waals surface area contributed by atoms with Crippen LogP contribution in [-0.2, 0) is 16.4 Å². The average Bonchev–Trinajstić information content (AvgIpc) is 3.12. The van der Waals surface area contributed by atoms with Crippen LogP contribution in [0.15, 0.2) is 88.7 Å². The summed E-state index contributed by atoms with van der Waals surface area (Å²) in [5, 5.41) is 4.84. The highest BCUT2D eigenvalue weighted by molar-refractivity contribution is 7.91. The van der Waals surface area contributed by atoms with E-state index in [-0.39, 0.29) is 15.7 Å². The number of hydrogen-bond acceptors (Lipinski definition) is 5. The highest BCUT2D eigenvalue weighted by Gasteiger charge is 2.23. The second-order valence-electron chi connectivity index (χ2n) is 7.89. The number of benzene rings is 4. The molecule has 0 aliphatic carbocycles. The summed E-state index contributed by atoms with van der Waals surface area (Å²) in [7, 11) is -1.62. The van der Waals surface area contributed by atoms with Crippen molar-refractivity contribution in [2.45, 2.75) is 16.3 Å². The summed E-state index contributed by atoms with van der Waals surface area (Å²) in [5.74, 6) is -0.0803. The van der Waals surface area contributed by atoms with Gasteiger partial charge in [0.1, 0.15) is 0 Å². The summed E-state index contributed by atoms with van der Waals surface area (Å²) >= 11 is 0. The third-order valence-electron chi connectivity index (χ3n) is 5.77. The van der Waals surface area contributed by atoms with Crippen LogP contribution >= 0.6 is 0 Å². The molecule has 0 saturated carbocycles. The fourth-order valence-electron chi connectivity index (χ4n) is 4.12. The van der Waals surface area contributed by atoms with Crippen LogP contribution < -0.4 is 16.0 Å². The molecule has 3 N–H and O–H groups in total. The van der Waals surface area contributed by atoms with Gasteiger partial charge in [-0.05, 0) is 60.2 Å². The van der Waals surface area contributed by atoms with Crippen LogP contribution in [0.2, 0.25) is 0 Å². The first-order chi connectivity index (χ1) is 15.3. The van der Waals surface area contributed by atoms with Crippen molar-refractivity contribution in [3.63, 3.8) is 0 Å². The Bertz CT molecular complexity index is 1460. The maximum absolute atomic E-state index is 12.9. The molecule has 0 atom stereocenters. The standard InChI is InChI=1S/C25H21N3O3S/c1-28(23-14-13-22-24-20(23)3-2-4-21(24)25(29)27-22)15-16-5-9-18(10-6-16)32(30,31)19-11-7-17(26)8-12-19/h2-14H,15,26H2,1H3,(H,27,29). The molecule has 4 aromatic carbocycles. The predicted octanol–water partition coefficient (Wildman–Crippen LogP) is 4.46. The predicted molar refractivity (Wildman–Crippen MR) is 127 cm³/mol. The fourth-order valence-corrected chi connectivity index (χ4v) is 5.38. The first kappa shape index (κ1) is 20.1. The summed E-state index contributed by atoms with van der Waals surface area (Å²) in [6.45, 7) is 0.586. The zero-order chi connectivity index (χ0) is 22.5. The molecule has 1 aliphatic rings. The summed E-state index contributed by atoms with van der Waals surface area (Å²) in [5.41, 5.74) is 9.67. The Morgan fingerprint density at radius 2 is 1.53 bits per heavy atom. The number of nitrogens with zero attached hydrogens (tertiary/aromatic N) is 1. The summed E-state index contributed by atoms with van der Waals surface area (Å²) in [6, 6.07) is 22.7. The van der Waals surface area contributed by atoms with Crippen molar-refractivity contribution in [1.82, 2.24) is 0 Å². The Balaban J connectivity index is 1.42. The molecule has 0 spiro atoms. The molecule has 0 aromatic heterocycles. The zero-order valence-electron chi connectivity index (χ0n) is 17.4. The Morgan fingerprint density at radius 3 is 2.22 bits per heavy atom. The Kier molecular flexibility index (Phi) is 4.64. The Hall–Kier alpha value is -3.84. The zero-order valence-corrected chi connectivity index (χ0v) is 18.2. The Labute approximate surface area is 186 Å². The van der Waals surface area contributed by atoms with Crippen molar-refractivity contribution in [2.75, 3.05) is 23.0 Å². The first-order valence-corrected chi connectivity index (χ1v) is 11.6. The van der Waals surface area contributed by atoms with Gasteiger partial charge in [-0.25, -0.2) is 8.42 Å². The number of nitrogens with two attached hydrogens (primary N) is 1. The van der Waals surface area contributed by atoms with E-state index in [1.807, 2.05) is 49.5 Å². The van der Waals surface area contributed by atoms with Crippen LogP contribution in [0.4, 0.5) is 17.1 Å². The van der Waals surface area contributed by atoms with Crippen LogP contribution in [0.1, 0.15) is 15.9 Å². The van der Waals surface area contributed by atoms with E-state index in [0.29, 0.717) is 17.8 Å². The molecule has 5 rings (SSSR count). The smallest absolute Gasteiger partial charge is 0.256 e. The van der Waals surface area contributed by atoms with Crippen molar-refractivity contribution in [3.05, 3.63) is 90.0 Å². The molecule has 32 heavy (non-hydrogen) atoms. The van der Waals surface area contributed by atoms with Gasteiger partial charge in [0.2, 0.25) is 9.84 Å². The van der Waals surface area contributed by atoms with Gasteiger partial charge in [-0.2, -0.15) is 0 Å². The number of nitrogens with one attached hydrogen (secondary N) is 1. The van der Waals surface area contributed by atoms with Gasteiger partial charge in [0.25, 0.3) is 5.91 Å². The molecular formula is C25H21N3O3S. The number of hydrogen-bond donors (Lipinski definition) is 2. The lowest BCUT2D eigenvalue weighted by molar-refractivity contribution is 0.103. The second kappa shape index (κ2) is 7.39. The molecule has 1 aliphatic heterocycles. The van der Waals surface area contributed by atoms with Gasteiger partial charge in [-0.1, -0.05) is 24.3 Å². The summed E-state index contributed by atoms with van der Waals surface area (Å²) in [6.07, 6.45) is 0. The van der Waals surface area contributed by atoms with Crippen molar-refractivity contribution in [2.24, 2.45) is 0 Å². The van der Waals surface area contributed by atoms with Crippen LogP contribution in [0.25, 0.3) is 10.8 Å². The molecule has 4 aromatic rings. The van der Waals surface area contributed by atoms with E-state index < -0.39 is 9.84 Å². The quantitative estimate of drug-likeness (QED) is 0.445. The number of nitrogen functional groups attached to an aromatic ring is 1. The summed E-state index contributed by atoms with van der Waals surface area (Å²) in [4.78, 5) is 14.7. The maximum Gasteiger partial charge on any atom is 0.256 e. The highest BCUT2D eigenvalue weighted by atomic mass is 32.2. The molecule has 0 unspecified atom stereocenters. The molecule has 1 amide bonds. The van der Waals surface area contributed by atoms with Crippen LogP contribution in [0.3, 0.4) is 0 Å². The third kappa shape index (κ3) is 3.27. The van der Waals surface area contributed by atoms with E-state index in [0.717, 1.165) is 27.7 Å². The van der Waals surface area contributed by atoms with E-state index in [1.165, 1.54) is 12.1 Å². The minimum absolute atomic E-state index is 0.0803. The molecule has 7 heteroatoms. The van der Waals surface area contributed by atoms with Crippen LogP contribution in [0.5, 0.6) is 0 Å². The molecule has 160 valence electrons.